The predicted octanol–water partition coefficient (Wildman–Crippen LogP) is -0.135. The lowest BCUT2D eigenvalue weighted by atomic mass is 10.0. The van der Waals surface area contributed by atoms with Crippen molar-refractivity contribution in [1.29, 1.82) is 0 Å². The molecule has 0 amide bonds. The fraction of sp³-hybridized carbons (Fsp3) is 0.625. The van der Waals surface area contributed by atoms with Gasteiger partial charge in [0.15, 0.2) is 11.4 Å². The normalized spacial score (nSPS) is 35.2. The molecule has 4 heteroatoms. The van der Waals surface area contributed by atoms with Gasteiger partial charge in [-0.3, -0.25) is 4.79 Å². The van der Waals surface area contributed by atoms with Crippen LogP contribution in [0.4, 0.5) is 0 Å². The number of Topliss-reactive ketones (excluding diaryl/α,β-unsaturated/α-hetero) is 1. The number of hydrogen-bond acceptors (Lipinski definition) is 4. The van der Waals surface area contributed by atoms with Gasteiger partial charge >= 0.3 is 0 Å². The summed E-state index contributed by atoms with van der Waals surface area (Å²) in [5.74, 6) is -0.274. The fourth-order valence-corrected chi connectivity index (χ4v) is 1.21. The Morgan fingerprint density at radius 1 is 1.58 bits per heavy atom. The van der Waals surface area contributed by atoms with Crippen LogP contribution < -0.4 is 0 Å². The first-order valence-corrected chi connectivity index (χ1v) is 3.59. The van der Waals surface area contributed by atoms with Gasteiger partial charge in [-0.1, -0.05) is 0 Å². The molecule has 0 bridgehead atoms. The smallest absolute Gasteiger partial charge is 0.231 e. The van der Waals surface area contributed by atoms with Gasteiger partial charge in [0.2, 0.25) is 5.78 Å². The monoisotopic (exact) mass is 172 g/mol. The molecule has 0 spiro atoms. The van der Waals surface area contributed by atoms with Crippen molar-refractivity contribution >= 4 is 5.78 Å². The molecule has 0 aromatic carbocycles. The van der Waals surface area contributed by atoms with Crippen molar-refractivity contribution in [3.63, 3.8) is 0 Å². The number of ether oxygens (including phenoxy) is 2. The van der Waals surface area contributed by atoms with Crippen molar-refractivity contribution in [2.45, 2.75) is 18.6 Å². The molecule has 0 radical (unpaired) electrons. The molecule has 0 aromatic heterocycles. The highest BCUT2D eigenvalue weighted by atomic mass is 16.5. The summed E-state index contributed by atoms with van der Waals surface area (Å²) in [6.45, 7) is 1.41. The van der Waals surface area contributed by atoms with E-state index < -0.39 is 17.5 Å². The van der Waals surface area contributed by atoms with Crippen LogP contribution in [0.2, 0.25) is 0 Å². The summed E-state index contributed by atoms with van der Waals surface area (Å²) >= 11 is 0. The number of ketones is 1. The van der Waals surface area contributed by atoms with Crippen molar-refractivity contribution in [3.05, 3.63) is 11.8 Å². The summed E-state index contributed by atoms with van der Waals surface area (Å²) in [6.07, 6.45) is 0.863. The molecule has 0 saturated carbocycles. The van der Waals surface area contributed by atoms with E-state index in [-0.39, 0.29) is 5.76 Å². The lowest BCUT2D eigenvalue weighted by Crippen LogP contribution is -2.42. The van der Waals surface area contributed by atoms with Crippen molar-refractivity contribution < 1.29 is 19.4 Å². The zero-order valence-electron chi connectivity index (χ0n) is 7.33. The van der Waals surface area contributed by atoms with E-state index in [2.05, 4.69) is 0 Å². The first-order valence-electron chi connectivity index (χ1n) is 3.59. The highest BCUT2D eigenvalue weighted by molar-refractivity contribution is 6.03. The lowest BCUT2D eigenvalue weighted by Gasteiger charge is -2.21. The molecule has 4 nitrogen and oxygen atoms in total. The van der Waals surface area contributed by atoms with Crippen LogP contribution >= 0.6 is 0 Å². The molecule has 1 rings (SSSR count). The van der Waals surface area contributed by atoms with Crippen molar-refractivity contribution in [2.75, 3.05) is 14.2 Å². The predicted molar refractivity (Wildman–Crippen MR) is 41.5 cm³/mol. The van der Waals surface area contributed by atoms with Gasteiger partial charge < -0.3 is 14.6 Å². The van der Waals surface area contributed by atoms with Crippen LogP contribution in [0.1, 0.15) is 6.92 Å². The molecule has 12 heavy (non-hydrogen) atoms. The Bertz CT molecular complexity index is 229. The second-order valence-electron chi connectivity index (χ2n) is 2.87. The molecule has 68 valence electrons. The molecular weight excluding hydrogens is 160 g/mol. The molecule has 0 aliphatic heterocycles. The molecule has 1 aliphatic rings. The quantitative estimate of drug-likeness (QED) is 0.630. The van der Waals surface area contributed by atoms with Crippen molar-refractivity contribution in [1.82, 2.24) is 0 Å². The van der Waals surface area contributed by atoms with Gasteiger partial charge in [-0.05, 0) is 13.0 Å². The zero-order valence-corrected chi connectivity index (χ0v) is 7.33. The summed E-state index contributed by atoms with van der Waals surface area (Å²) < 4.78 is 9.66. The molecule has 1 N–H and O–H groups in total. The van der Waals surface area contributed by atoms with Crippen LogP contribution in [0.25, 0.3) is 0 Å². The standard InChI is InChI=1S/C8H12O4/c1-8(10)6(12-3)4-5(11-2)7(8)9/h4,6,10H,1-3H3/t6-,8+/m1/s1. The topological polar surface area (TPSA) is 55.8 Å². The van der Waals surface area contributed by atoms with Crippen LogP contribution in [0.5, 0.6) is 0 Å². The maximum Gasteiger partial charge on any atom is 0.231 e. The van der Waals surface area contributed by atoms with Crippen LogP contribution in [-0.4, -0.2) is 36.8 Å². The van der Waals surface area contributed by atoms with Crippen LogP contribution in [0.15, 0.2) is 11.8 Å². The summed E-state index contributed by atoms with van der Waals surface area (Å²) in [7, 11) is 2.82. The Labute approximate surface area is 70.8 Å². The zero-order chi connectivity index (χ0) is 9.35. The van der Waals surface area contributed by atoms with Crippen molar-refractivity contribution in [3.8, 4) is 0 Å². The van der Waals surface area contributed by atoms with Gasteiger partial charge in [0.05, 0.1) is 7.11 Å². The minimum atomic E-state index is -1.49. The van der Waals surface area contributed by atoms with E-state index in [0.29, 0.717) is 0 Å². The lowest BCUT2D eigenvalue weighted by molar-refractivity contribution is -0.140. The van der Waals surface area contributed by atoms with Crippen LogP contribution in [0.3, 0.4) is 0 Å². The minimum absolute atomic E-state index is 0.159. The number of methoxy groups -OCH3 is 2. The fourth-order valence-electron chi connectivity index (χ4n) is 1.21. The molecule has 1 aliphatic carbocycles. The number of rotatable bonds is 2. The average molecular weight is 172 g/mol. The van der Waals surface area contributed by atoms with E-state index in [1.807, 2.05) is 0 Å². The highest BCUT2D eigenvalue weighted by Crippen LogP contribution is 2.27. The van der Waals surface area contributed by atoms with E-state index in [1.165, 1.54) is 27.2 Å². The Kier molecular flexibility index (Phi) is 2.21. The SMILES string of the molecule is COC1=C[C@@H](OC)[C@](C)(O)C1=O. The maximum absolute atomic E-state index is 11.3. The molecule has 0 aromatic rings. The van der Waals surface area contributed by atoms with Crippen molar-refractivity contribution in [2.24, 2.45) is 0 Å². The Balaban J connectivity index is 2.93. The van der Waals surface area contributed by atoms with Gasteiger partial charge in [-0.2, -0.15) is 0 Å². The van der Waals surface area contributed by atoms with Crippen LogP contribution in [0, 0.1) is 0 Å². The number of carbonyl (C=O) groups excluding carboxylic acids is 1. The molecule has 0 heterocycles. The van der Waals surface area contributed by atoms with E-state index in [0.717, 1.165) is 0 Å². The second kappa shape index (κ2) is 2.88. The van der Waals surface area contributed by atoms with E-state index in [4.69, 9.17) is 9.47 Å². The third-order valence-corrected chi connectivity index (χ3v) is 2.01. The average Bonchev–Trinajstić information content (AvgIpc) is 2.25. The van der Waals surface area contributed by atoms with E-state index in [9.17, 15) is 9.90 Å². The summed E-state index contributed by atoms with van der Waals surface area (Å²) in [5.41, 5.74) is -1.49. The number of hydrogen-bond donors (Lipinski definition) is 1. The maximum atomic E-state index is 11.3. The Hall–Kier alpha value is -0.870. The Morgan fingerprint density at radius 2 is 2.17 bits per heavy atom. The number of carbonyl (C=O) groups is 1. The van der Waals surface area contributed by atoms with Gasteiger partial charge in [0.25, 0.3) is 0 Å². The van der Waals surface area contributed by atoms with E-state index in [1.54, 1.807) is 0 Å². The molecule has 2 atom stereocenters. The molecular formula is C8H12O4. The first-order chi connectivity index (χ1) is 5.54. The van der Waals surface area contributed by atoms with Gasteiger partial charge in [0, 0.05) is 7.11 Å². The summed E-state index contributed by atoms with van der Waals surface area (Å²) in [4.78, 5) is 11.3. The summed E-state index contributed by atoms with van der Waals surface area (Å²) in [6, 6.07) is 0. The third-order valence-electron chi connectivity index (χ3n) is 2.01. The van der Waals surface area contributed by atoms with Gasteiger partial charge in [0.1, 0.15) is 6.10 Å². The molecule has 0 fully saturated rings. The van der Waals surface area contributed by atoms with E-state index >= 15 is 0 Å². The molecule has 0 unspecified atom stereocenters. The minimum Gasteiger partial charge on any atom is -0.493 e. The third kappa shape index (κ3) is 1.13. The molecule has 0 saturated heterocycles. The van der Waals surface area contributed by atoms with Gasteiger partial charge in [-0.25, -0.2) is 0 Å². The summed E-state index contributed by atoms with van der Waals surface area (Å²) in [5, 5.41) is 9.62. The second-order valence-corrected chi connectivity index (χ2v) is 2.87. The largest absolute Gasteiger partial charge is 0.493 e. The van der Waals surface area contributed by atoms with Gasteiger partial charge in [-0.15, -0.1) is 0 Å². The van der Waals surface area contributed by atoms with Crippen LogP contribution in [-0.2, 0) is 14.3 Å². The highest BCUT2D eigenvalue weighted by Gasteiger charge is 2.46. The number of aliphatic hydroxyl groups is 1. The first kappa shape index (κ1) is 9.22. The Morgan fingerprint density at radius 3 is 2.42 bits per heavy atom.